The molecule has 0 amide bonds. The minimum atomic E-state index is -2.90. The van der Waals surface area contributed by atoms with Gasteiger partial charge in [0.05, 0.1) is 0 Å². The first-order valence-corrected chi connectivity index (χ1v) is 13.1. The second-order valence-electron chi connectivity index (χ2n) is 8.63. The third kappa shape index (κ3) is 8.90. The molecule has 0 N–H and O–H groups in total. The van der Waals surface area contributed by atoms with Crippen molar-refractivity contribution in [1.82, 2.24) is 0 Å². The quantitative estimate of drug-likeness (QED) is 0.370. The standard InChI is InChI=1S/C18H40GeO3/c1-10-20-14-11-15-21-19(18(7,8)9,22-16(2)3)13-12-17(4,5)6/h16H,10-15H2,1-9H3. The zero-order chi connectivity index (χ0) is 17.4. The molecular weight excluding hydrogens is 337 g/mol. The predicted octanol–water partition coefficient (Wildman–Crippen LogP) is 5.53. The fourth-order valence-electron chi connectivity index (χ4n) is 2.40. The van der Waals surface area contributed by atoms with Gasteiger partial charge in [0, 0.05) is 0 Å². The van der Waals surface area contributed by atoms with Crippen LogP contribution in [0.25, 0.3) is 0 Å². The van der Waals surface area contributed by atoms with Crippen LogP contribution in [0.4, 0.5) is 0 Å². The first-order valence-electron chi connectivity index (χ1n) is 8.83. The van der Waals surface area contributed by atoms with Gasteiger partial charge in [-0.2, -0.15) is 0 Å². The van der Waals surface area contributed by atoms with Crippen LogP contribution >= 0.6 is 0 Å². The van der Waals surface area contributed by atoms with Crippen molar-refractivity contribution in [3.8, 4) is 0 Å². The van der Waals surface area contributed by atoms with Gasteiger partial charge >= 0.3 is 142 Å². The molecule has 134 valence electrons. The molecule has 3 nitrogen and oxygen atoms in total. The average molecular weight is 377 g/mol. The zero-order valence-electron chi connectivity index (χ0n) is 16.5. The molecule has 0 aliphatic carbocycles. The van der Waals surface area contributed by atoms with E-state index in [0.29, 0.717) is 5.41 Å². The Hall–Kier alpha value is 0.423. The fourth-order valence-corrected chi connectivity index (χ4v) is 11.2. The predicted molar refractivity (Wildman–Crippen MR) is 97.6 cm³/mol. The van der Waals surface area contributed by atoms with Crippen LogP contribution in [0.1, 0.15) is 75.2 Å². The first-order chi connectivity index (χ1) is 9.93. The van der Waals surface area contributed by atoms with E-state index < -0.39 is 13.9 Å². The molecule has 1 atom stereocenters. The molecule has 0 fully saturated rings. The number of ether oxygens (including phenoxy) is 1. The van der Waals surface area contributed by atoms with Gasteiger partial charge in [0.2, 0.25) is 0 Å². The summed E-state index contributed by atoms with van der Waals surface area (Å²) < 4.78 is 18.6. The molecule has 0 aromatic rings. The Bertz CT molecular complexity index is 292. The van der Waals surface area contributed by atoms with Crippen LogP contribution in [0.5, 0.6) is 0 Å². The van der Waals surface area contributed by atoms with Crippen molar-refractivity contribution < 1.29 is 12.3 Å². The molecule has 0 heterocycles. The van der Waals surface area contributed by atoms with Crippen molar-refractivity contribution >= 4 is 13.9 Å². The molecule has 0 bridgehead atoms. The summed E-state index contributed by atoms with van der Waals surface area (Å²) in [7, 11) is 0. The van der Waals surface area contributed by atoms with Crippen molar-refractivity contribution in [3.63, 3.8) is 0 Å². The minimum absolute atomic E-state index is 0.112. The van der Waals surface area contributed by atoms with Crippen LogP contribution in [-0.4, -0.2) is 39.9 Å². The normalized spacial score (nSPS) is 16.1. The van der Waals surface area contributed by atoms with E-state index in [-0.39, 0.29) is 10.4 Å². The van der Waals surface area contributed by atoms with E-state index in [2.05, 4.69) is 55.4 Å². The summed E-state index contributed by atoms with van der Waals surface area (Å²) in [5.41, 5.74) is 0.316. The van der Waals surface area contributed by atoms with Crippen molar-refractivity contribution in [2.24, 2.45) is 5.41 Å². The zero-order valence-corrected chi connectivity index (χ0v) is 18.6. The Kier molecular flexibility index (Phi) is 9.84. The van der Waals surface area contributed by atoms with E-state index in [1.807, 2.05) is 6.92 Å². The second-order valence-corrected chi connectivity index (χ2v) is 17.1. The topological polar surface area (TPSA) is 27.7 Å². The Labute approximate surface area is 142 Å². The van der Waals surface area contributed by atoms with Gasteiger partial charge in [0.1, 0.15) is 0 Å². The molecule has 0 aromatic heterocycles. The maximum absolute atomic E-state index is 6.53. The van der Waals surface area contributed by atoms with E-state index in [0.717, 1.165) is 37.9 Å². The van der Waals surface area contributed by atoms with E-state index in [1.165, 1.54) is 0 Å². The molecule has 0 spiro atoms. The monoisotopic (exact) mass is 378 g/mol. The molecule has 0 radical (unpaired) electrons. The van der Waals surface area contributed by atoms with Crippen LogP contribution < -0.4 is 0 Å². The summed E-state index contributed by atoms with van der Waals surface area (Å²) in [6.45, 7) is 22.4. The van der Waals surface area contributed by atoms with E-state index in [9.17, 15) is 0 Å². The second kappa shape index (κ2) is 9.65. The molecule has 0 saturated heterocycles. The summed E-state index contributed by atoms with van der Waals surface area (Å²) in [6.07, 6.45) is 2.34. The third-order valence-corrected chi connectivity index (χ3v) is 13.6. The van der Waals surface area contributed by atoms with Crippen LogP contribution in [0.3, 0.4) is 0 Å². The summed E-state index contributed by atoms with van der Waals surface area (Å²) in [5, 5.41) is 1.10. The molecule has 0 aromatic carbocycles. The fraction of sp³-hybridized carbons (Fsp3) is 1.00. The van der Waals surface area contributed by atoms with Crippen molar-refractivity contribution in [2.45, 2.75) is 90.8 Å². The van der Waals surface area contributed by atoms with Gasteiger partial charge in [-0.1, -0.05) is 0 Å². The van der Waals surface area contributed by atoms with Gasteiger partial charge in [-0.05, 0) is 0 Å². The van der Waals surface area contributed by atoms with Crippen LogP contribution in [0.15, 0.2) is 0 Å². The summed E-state index contributed by atoms with van der Waals surface area (Å²) in [4.78, 5) is 0. The molecular formula is C18H40GeO3. The van der Waals surface area contributed by atoms with E-state index in [4.69, 9.17) is 12.3 Å². The molecule has 1 unspecified atom stereocenters. The SMILES string of the molecule is CCOCCC[O][Ge]([CH2]CC(C)(C)C)([O]C(C)C)[C](C)(C)C. The Morgan fingerprint density at radius 3 is 1.95 bits per heavy atom. The van der Waals surface area contributed by atoms with Crippen molar-refractivity contribution in [1.29, 1.82) is 0 Å². The van der Waals surface area contributed by atoms with Gasteiger partial charge in [-0.15, -0.1) is 0 Å². The van der Waals surface area contributed by atoms with Crippen molar-refractivity contribution in [2.75, 3.05) is 19.8 Å². The van der Waals surface area contributed by atoms with Gasteiger partial charge in [0.15, 0.2) is 0 Å². The molecule has 0 aliphatic heterocycles. The molecule has 4 heteroatoms. The van der Waals surface area contributed by atoms with Crippen molar-refractivity contribution in [3.05, 3.63) is 0 Å². The van der Waals surface area contributed by atoms with Gasteiger partial charge in [-0.3, -0.25) is 0 Å². The van der Waals surface area contributed by atoms with Crippen LogP contribution in [0.2, 0.25) is 9.50 Å². The average Bonchev–Trinajstić information content (AvgIpc) is 2.32. The molecule has 22 heavy (non-hydrogen) atoms. The first kappa shape index (κ1) is 22.4. The number of rotatable bonds is 10. The van der Waals surface area contributed by atoms with Gasteiger partial charge < -0.3 is 0 Å². The summed E-state index contributed by atoms with van der Waals surface area (Å²) in [6, 6.07) is 0. The molecule has 0 aliphatic rings. The Morgan fingerprint density at radius 2 is 1.55 bits per heavy atom. The molecule has 0 rings (SSSR count). The maximum atomic E-state index is 6.53. The van der Waals surface area contributed by atoms with E-state index in [1.54, 1.807) is 0 Å². The Morgan fingerprint density at radius 1 is 0.955 bits per heavy atom. The Balaban J connectivity index is 4.96. The summed E-state index contributed by atoms with van der Waals surface area (Å²) in [5.74, 6) is 0. The van der Waals surface area contributed by atoms with Crippen LogP contribution in [-0.2, 0) is 12.3 Å². The third-order valence-electron chi connectivity index (χ3n) is 3.75. The molecule has 0 saturated carbocycles. The van der Waals surface area contributed by atoms with E-state index >= 15 is 0 Å². The number of hydrogen-bond acceptors (Lipinski definition) is 3. The van der Waals surface area contributed by atoms with Crippen LogP contribution in [0, 0.1) is 5.41 Å². The number of hydrogen-bond donors (Lipinski definition) is 0. The van der Waals surface area contributed by atoms with Gasteiger partial charge in [0.25, 0.3) is 0 Å². The summed E-state index contributed by atoms with van der Waals surface area (Å²) >= 11 is -2.90. The van der Waals surface area contributed by atoms with Gasteiger partial charge in [-0.25, -0.2) is 0 Å².